The summed E-state index contributed by atoms with van der Waals surface area (Å²) in [6.45, 7) is -0.435. The van der Waals surface area contributed by atoms with E-state index in [9.17, 15) is 17.2 Å². The maximum absolute atomic E-state index is 12.5. The molecule has 21 heavy (non-hydrogen) atoms. The zero-order valence-electron chi connectivity index (χ0n) is 11.2. The Hall–Kier alpha value is -1.45. The van der Waals surface area contributed by atoms with Crippen molar-refractivity contribution in [2.45, 2.75) is 11.3 Å². The van der Waals surface area contributed by atoms with Crippen molar-refractivity contribution in [3.05, 3.63) is 18.2 Å². The third kappa shape index (κ3) is 3.60. The minimum absolute atomic E-state index is 0.0451. The molecule has 118 valence electrons. The van der Waals surface area contributed by atoms with Gasteiger partial charge in [-0.1, -0.05) is 0 Å². The molecule has 0 spiro atoms. The first-order valence-corrected chi connectivity index (χ1v) is 7.77. The van der Waals surface area contributed by atoms with Gasteiger partial charge in [-0.05, 0) is 12.1 Å². The molecule has 2 N–H and O–H groups in total. The molecule has 0 amide bonds. The second-order valence-electron chi connectivity index (χ2n) is 4.35. The van der Waals surface area contributed by atoms with Crippen molar-refractivity contribution in [1.82, 2.24) is 4.31 Å². The summed E-state index contributed by atoms with van der Waals surface area (Å²) in [5, 5.41) is 0. The van der Waals surface area contributed by atoms with Gasteiger partial charge in [-0.15, -0.1) is 0 Å². The average molecular weight is 322 g/mol. The lowest BCUT2D eigenvalue weighted by Gasteiger charge is -2.23. The summed E-state index contributed by atoms with van der Waals surface area (Å²) in [7, 11) is -4.05. The van der Waals surface area contributed by atoms with Crippen molar-refractivity contribution < 1.29 is 26.7 Å². The smallest absolute Gasteiger partial charge is 0.252 e. The molecular formula is C12H16F2N2O4S. The van der Waals surface area contributed by atoms with E-state index in [1.807, 2.05) is 0 Å². The predicted molar refractivity (Wildman–Crippen MR) is 71.2 cm³/mol. The van der Waals surface area contributed by atoms with Crippen molar-refractivity contribution in [3.8, 4) is 11.5 Å². The summed E-state index contributed by atoms with van der Waals surface area (Å²) >= 11 is 0. The van der Waals surface area contributed by atoms with Crippen LogP contribution in [0.1, 0.15) is 0 Å². The quantitative estimate of drug-likeness (QED) is 0.832. The highest BCUT2D eigenvalue weighted by Gasteiger charge is 2.28. The monoisotopic (exact) mass is 322 g/mol. The lowest BCUT2D eigenvalue weighted by molar-refractivity contribution is 0.120. The maximum Gasteiger partial charge on any atom is 0.252 e. The van der Waals surface area contributed by atoms with E-state index < -0.39 is 23.0 Å². The zero-order chi connectivity index (χ0) is 15.5. The van der Waals surface area contributed by atoms with E-state index in [-0.39, 0.29) is 23.7 Å². The van der Waals surface area contributed by atoms with Gasteiger partial charge in [0.15, 0.2) is 11.5 Å². The molecule has 0 atom stereocenters. The summed E-state index contributed by atoms with van der Waals surface area (Å²) in [4.78, 5) is -0.124. The number of nitrogens with two attached hydrogens (primary N) is 1. The number of hydrogen-bond acceptors (Lipinski definition) is 5. The molecule has 1 aliphatic heterocycles. The van der Waals surface area contributed by atoms with E-state index in [0.717, 1.165) is 0 Å². The normalized spacial score (nSPS) is 14.7. The topological polar surface area (TPSA) is 81.9 Å². The van der Waals surface area contributed by atoms with Crippen LogP contribution in [0.3, 0.4) is 0 Å². The van der Waals surface area contributed by atoms with E-state index in [2.05, 4.69) is 0 Å². The molecule has 9 heteroatoms. The average Bonchev–Trinajstić information content (AvgIpc) is 2.46. The molecule has 0 saturated heterocycles. The Kier molecular flexibility index (Phi) is 4.96. The summed E-state index contributed by atoms with van der Waals surface area (Å²) in [6.07, 6.45) is -2.77. The van der Waals surface area contributed by atoms with Crippen LogP contribution in [0.4, 0.5) is 8.78 Å². The van der Waals surface area contributed by atoms with E-state index >= 15 is 0 Å². The molecule has 0 bridgehead atoms. The molecule has 0 radical (unpaired) electrons. The van der Waals surface area contributed by atoms with Crippen LogP contribution in [0.25, 0.3) is 0 Å². The van der Waals surface area contributed by atoms with Crippen LogP contribution in [0.15, 0.2) is 23.1 Å². The van der Waals surface area contributed by atoms with Gasteiger partial charge in [0.1, 0.15) is 13.2 Å². The maximum atomic E-state index is 12.5. The van der Waals surface area contributed by atoms with Gasteiger partial charge < -0.3 is 15.2 Å². The first kappa shape index (κ1) is 15.9. The van der Waals surface area contributed by atoms with E-state index in [1.54, 1.807) is 0 Å². The molecule has 1 aromatic carbocycles. The number of hydrogen-bond donors (Lipinski definition) is 1. The fourth-order valence-electron chi connectivity index (χ4n) is 1.94. The molecule has 0 saturated carbocycles. The Labute approximate surface area is 121 Å². The van der Waals surface area contributed by atoms with Crippen LogP contribution in [0.5, 0.6) is 11.5 Å². The lowest BCUT2D eigenvalue weighted by atomic mass is 10.3. The number of fused-ring (bicyclic) bond motifs is 1. The Morgan fingerprint density at radius 3 is 2.52 bits per heavy atom. The molecule has 0 fully saturated rings. The van der Waals surface area contributed by atoms with Crippen molar-refractivity contribution in [1.29, 1.82) is 0 Å². The number of sulfonamides is 1. The second kappa shape index (κ2) is 6.54. The van der Waals surface area contributed by atoms with Gasteiger partial charge in [-0.25, -0.2) is 17.2 Å². The van der Waals surface area contributed by atoms with Gasteiger partial charge in [0.05, 0.1) is 11.4 Å². The molecular weight excluding hydrogens is 306 g/mol. The Balaban J connectivity index is 2.32. The standard InChI is InChI=1S/C12H16F2N2O4S/c13-12(14)8-16(4-3-15)21(17,18)9-1-2-10-11(7-9)20-6-5-19-10/h1-2,7,12H,3-6,8,15H2. The Morgan fingerprint density at radius 2 is 1.90 bits per heavy atom. The van der Waals surface area contributed by atoms with Crippen LogP contribution in [0, 0.1) is 0 Å². The van der Waals surface area contributed by atoms with Crippen molar-refractivity contribution >= 4 is 10.0 Å². The lowest BCUT2D eigenvalue weighted by Crippen LogP contribution is -2.38. The number of ether oxygens (including phenoxy) is 2. The van der Waals surface area contributed by atoms with E-state index in [0.29, 0.717) is 23.3 Å². The largest absolute Gasteiger partial charge is 0.486 e. The third-order valence-electron chi connectivity index (χ3n) is 2.87. The molecule has 1 heterocycles. The van der Waals surface area contributed by atoms with Crippen LogP contribution >= 0.6 is 0 Å². The highest BCUT2D eigenvalue weighted by molar-refractivity contribution is 7.89. The second-order valence-corrected chi connectivity index (χ2v) is 6.29. The van der Waals surface area contributed by atoms with Gasteiger partial charge in [-0.2, -0.15) is 4.31 Å². The van der Waals surface area contributed by atoms with Crippen molar-refractivity contribution in [2.75, 3.05) is 32.8 Å². The van der Waals surface area contributed by atoms with Gasteiger partial charge in [0.25, 0.3) is 6.43 Å². The fourth-order valence-corrected chi connectivity index (χ4v) is 3.39. The SMILES string of the molecule is NCCN(CC(F)F)S(=O)(=O)c1ccc2c(c1)OCCO2. The number of nitrogens with zero attached hydrogens (tertiary/aromatic N) is 1. The van der Waals surface area contributed by atoms with Crippen molar-refractivity contribution in [2.24, 2.45) is 5.73 Å². The summed E-state index contributed by atoms with van der Waals surface area (Å²) in [5.74, 6) is 0.714. The van der Waals surface area contributed by atoms with Gasteiger partial charge in [0.2, 0.25) is 10.0 Å². The first-order valence-electron chi connectivity index (χ1n) is 6.33. The van der Waals surface area contributed by atoms with Crippen LogP contribution in [-0.4, -0.2) is 52.0 Å². The minimum atomic E-state index is -4.05. The summed E-state index contributed by atoms with van der Waals surface area (Å²) < 4.78 is 61.1. The van der Waals surface area contributed by atoms with E-state index in [4.69, 9.17) is 15.2 Å². The molecule has 2 rings (SSSR count). The minimum Gasteiger partial charge on any atom is -0.486 e. The highest BCUT2D eigenvalue weighted by atomic mass is 32.2. The predicted octanol–water partition coefficient (Wildman–Crippen LogP) is 0.672. The van der Waals surface area contributed by atoms with E-state index in [1.165, 1.54) is 18.2 Å². The summed E-state index contributed by atoms with van der Waals surface area (Å²) in [5.41, 5.74) is 5.30. The van der Waals surface area contributed by atoms with Crippen LogP contribution in [0.2, 0.25) is 0 Å². The van der Waals surface area contributed by atoms with Gasteiger partial charge in [0, 0.05) is 19.2 Å². The van der Waals surface area contributed by atoms with Gasteiger partial charge >= 0.3 is 0 Å². The van der Waals surface area contributed by atoms with Gasteiger partial charge in [-0.3, -0.25) is 0 Å². The molecule has 1 aliphatic rings. The highest BCUT2D eigenvalue weighted by Crippen LogP contribution is 2.33. The number of alkyl halides is 2. The molecule has 1 aromatic rings. The molecule has 0 unspecified atom stereocenters. The Morgan fingerprint density at radius 1 is 1.24 bits per heavy atom. The number of halogens is 2. The summed E-state index contributed by atoms with van der Waals surface area (Å²) in [6, 6.07) is 4.03. The molecule has 0 aromatic heterocycles. The first-order chi connectivity index (χ1) is 9.95. The van der Waals surface area contributed by atoms with Crippen molar-refractivity contribution in [3.63, 3.8) is 0 Å². The number of benzene rings is 1. The fraction of sp³-hybridized carbons (Fsp3) is 0.500. The molecule has 6 nitrogen and oxygen atoms in total. The number of rotatable bonds is 6. The zero-order valence-corrected chi connectivity index (χ0v) is 12.0. The third-order valence-corrected chi connectivity index (χ3v) is 4.73. The van der Waals surface area contributed by atoms with Crippen LogP contribution < -0.4 is 15.2 Å². The van der Waals surface area contributed by atoms with Crippen LogP contribution in [-0.2, 0) is 10.0 Å². The Bertz CT molecular complexity index is 595. The molecule has 0 aliphatic carbocycles.